The van der Waals surface area contributed by atoms with Crippen LogP contribution < -0.4 is 4.74 Å². The summed E-state index contributed by atoms with van der Waals surface area (Å²) in [5.41, 5.74) is 1.24. The molecule has 1 aromatic heterocycles. The highest BCUT2D eigenvalue weighted by Gasteiger charge is 2.22. The number of furan rings is 1. The second-order valence-corrected chi connectivity index (χ2v) is 4.85. The number of hydrogen-bond acceptors (Lipinski definition) is 3. The summed E-state index contributed by atoms with van der Waals surface area (Å²) in [6.45, 7) is 0. The lowest BCUT2D eigenvalue weighted by Gasteiger charge is -2.14. The number of ether oxygens (including phenoxy) is 1. The van der Waals surface area contributed by atoms with Crippen molar-refractivity contribution in [3.63, 3.8) is 0 Å². The zero-order chi connectivity index (χ0) is 14.1. The number of halogens is 1. The van der Waals surface area contributed by atoms with Crippen molar-refractivity contribution in [2.75, 3.05) is 7.11 Å². The number of hydrogen-bond donors (Lipinski definition) is 1. The molecule has 0 bridgehead atoms. The number of aliphatic hydroxyl groups is 1. The molecule has 0 fully saturated rings. The maximum atomic E-state index is 10.5. The molecule has 0 aliphatic rings. The fourth-order valence-electron chi connectivity index (χ4n) is 2.24. The van der Waals surface area contributed by atoms with Gasteiger partial charge in [0.05, 0.1) is 12.1 Å². The number of para-hydroxylation sites is 1. The average Bonchev–Trinajstić information content (AvgIpc) is 2.90. The highest BCUT2D eigenvalue weighted by molar-refractivity contribution is 6.31. The van der Waals surface area contributed by atoms with Crippen molar-refractivity contribution in [3.8, 4) is 5.75 Å². The van der Waals surface area contributed by atoms with Crippen LogP contribution in [0.5, 0.6) is 5.75 Å². The molecule has 0 aliphatic carbocycles. The van der Waals surface area contributed by atoms with Crippen LogP contribution in [0.3, 0.4) is 0 Å². The predicted octanol–water partition coefficient (Wildman–Crippen LogP) is 4.18. The van der Waals surface area contributed by atoms with E-state index >= 15 is 0 Å². The van der Waals surface area contributed by atoms with Crippen molar-refractivity contribution in [1.82, 2.24) is 0 Å². The summed E-state index contributed by atoms with van der Waals surface area (Å²) >= 11 is 6.17. The minimum absolute atomic E-state index is 0.442. The summed E-state index contributed by atoms with van der Waals surface area (Å²) in [6, 6.07) is 14.6. The monoisotopic (exact) mass is 288 g/mol. The fraction of sp³-hybridized carbons (Fsp3) is 0.125. The summed E-state index contributed by atoms with van der Waals surface area (Å²) < 4.78 is 10.9. The van der Waals surface area contributed by atoms with Gasteiger partial charge < -0.3 is 14.3 Å². The van der Waals surface area contributed by atoms with E-state index < -0.39 is 6.10 Å². The Morgan fingerprint density at radius 3 is 2.70 bits per heavy atom. The van der Waals surface area contributed by atoms with Gasteiger partial charge in [0.2, 0.25) is 0 Å². The molecule has 1 N–H and O–H groups in total. The first-order valence-electron chi connectivity index (χ1n) is 6.19. The predicted molar refractivity (Wildman–Crippen MR) is 78.3 cm³/mol. The van der Waals surface area contributed by atoms with E-state index in [2.05, 4.69) is 0 Å². The standard InChI is InChI=1S/C16H13ClO3/c1-19-13-8-4-6-11(17)15(13)16(18)14-9-10-5-2-3-7-12(10)20-14/h2-9,16,18H,1H3. The van der Waals surface area contributed by atoms with Crippen molar-refractivity contribution >= 4 is 22.6 Å². The van der Waals surface area contributed by atoms with Crippen LogP contribution >= 0.6 is 11.6 Å². The van der Waals surface area contributed by atoms with E-state index in [0.29, 0.717) is 22.1 Å². The Hall–Kier alpha value is -1.97. The number of aliphatic hydroxyl groups excluding tert-OH is 1. The van der Waals surface area contributed by atoms with Gasteiger partial charge >= 0.3 is 0 Å². The van der Waals surface area contributed by atoms with Gasteiger partial charge in [0.1, 0.15) is 23.2 Å². The van der Waals surface area contributed by atoms with Crippen molar-refractivity contribution < 1.29 is 14.3 Å². The Morgan fingerprint density at radius 2 is 1.95 bits per heavy atom. The Morgan fingerprint density at radius 1 is 1.15 bits per heavy atom. The van der Waals surface area contributed by atoms with Gasteiger partial charge in [0.15, 0.2) is 0 Å². The molecule has 1 atom stereocenters. The normalized spacial score (nSPS) is 12.6. The molecule has 102 valence electrons. The van der Waals surface area contributed by atoms with Crippen LogP contribution in [0.4, 0.5) is 0 Å². The SMILES string of the molecule is COc1cccc(Cl)c1C(O)c1cc2ccccc2o1. The number of rotatable bonds is 3. The number of benzene rings is 2. The summed E-state index contributed by atoms with van der Waals surface area (Å²) in [5.74, 6) is 0.975. The molecule has 0 spiro atoms. The van der Waals surface area contributed by atoms with Crippen molar-refractivity contribution in [2.45, 2.75) is 6.10 Å². The van der Waals surface area contributed by atoms with Gasteiger partial charge in [-0.05, 0) is 24.3 Å². The van der Waals surface area contributed by atoms with E-state index in [0.717, 1.165) is 11.0 Å². The summed E-state index contributed by atoms with van der Waals surface area (Å²) in [5, 5.41) is 11.9. The van der Waals surface area contributed by atoms with E-state index in [1.54, 1.807) is 25.3 Å². The van der Waals surface area contributed by atoms with Crippen LogP contribution in [0.2, 0.25) is 5.02 Å². The maximum absolute atomic E-state index is 10.5. The number of methoxy groups -OCH3 is 1. The highest BCUT2D eigenvalue weighted by Crippen LogP contribution is 2.37. The first-order chi connectivity index (χ1) is 9.70. The lowest BCUT2D eigenvalue weighted by molar-refractivity contribution is 0.188. The third-order valence-corrected chi connectivity index (χ3v) is 3.55. The Bertz CT molecular complexity index is 715. The van der Waals surface area contributed by atoms with Crippen molar-refractivity contribution in [2.24, 2.45) is 0 Å². The van der Waals surface area contributed by atoms with Crippen LogP contribution in [0.15, 0.2) is 52.9 Å². The van der Waals surface area contributed by atoms with Crippen LogP contribution in [0.25, 0.3) is 11.0 Å². The van der Waals surface area contributed by atoms with Crippen molar-refractivity contribution in [1.29, 1.82) is 0 Å². The zero-order valence-corrected chi connectivity index (χ0v) is 11.6. The third-order valence-electron chi connectivity index (χ3n) is 3.22. The van der Waals surface area contributed by atoms with Gasteiger partial charge in [-0.15, -0.1) is 0 Å². The highest BCUT2D eigenvalue weighted by atomic mass is 35.5. The summed E-state index contributed by atoms with van der Waals surface area (Å²) in [4.78, 5) is 0. The minimum atomic E-state index is -0.967. The molecule has 1 unspecified atom stereocenters. The molecule has 20 heavy (non-hydrogen) atoms. The van der Waals surface area contributed by atoms with Gasteiger partial charge in [0, 0.05) is 10.9 Å². The molecule has 0 aliphatic heterocycles. The van der Waals surface area contributed by atoms with E-state index in [1.165, 1.54) is 0 Å². The Kier molecular flexibility index (Phi) is 3.38. The minimum Gasteiger partial charge on any atom is -0.496 e. The van der Waals surface area contributed by atoms with Gasteiger partial charge in [-0.25, -0.2) is 0 Å². The largest absolute Gasteiger partial charge is 0.496 e. The van der Waals surface area contributed by atoms with Gasteiger partial charge in [0.25, 0.3) is 0 Å². The van der Waals surface area contributed by atoms with Gasteiger partial charge in [-0.2, -0.15) is 0 Å². The van der Waals surface area contributed by atoms with Crippen molar-refractivity contribution in [3.05, 3.63) is 64.9 Å². The molecule has 4 heteroatoms. The molecule has 3 rings (SSSR count). The maximum Gasteiger partial charge on any atom is 0.142 e. The molecular formula is C16H13ClO3. The summed E-state index contributed by atoms with van der Waals surface area (Å²) in [7, 11) is 1.54. The number of fused-ring (bicyclic) bond motifs is 1. The smallest absolute Gasteiger partial charge is 0.142 e. The van der Waals surface area contributed by atoms with Crippen LogP contribution in [0.1, 0.15) is 17.4 Å². The molecule has 1 heterocycles. The lowest BCUT2D eigenvalue weighted by atomic mass is 10.1. The zero-order valence-electron chi connectivity index (χ0n) is 10.8. The van der Waals surface area contributed by atoms with E-state index in [1.807, 2.05) is 30.3 Å². The fourth-order valence-corrected chi connectivity index (χ4v) is 2.51. The molecular weight excluding hydrogens is 276 g/mol. The van der Waals surface area contributed by atoms with E-state index in [9.17, 15) is 5.11 Å². The molecule has 0 saturated heterocycles. The van der Waals surface area contributed by atoms with Crippen LogP contribution in [-0.2, 0) is 0 Å². The molecule has 3 aromatic rings. The molecule has 0 radical (unpaired) electrons. The lowest BCUT2D eigenvalue weighted by Crippen LogP contribution is -2.02. The quantitative estimate of drug-likeness (QED) is 0.786. The second-order valence-electron chi connectivity index (χ2n) is 4.44. The van der Waals surface area contributed by atoms with Gasteiger partial charge in [-0.3, -0.25) is 0 Å². The third kappa shape index (κ3) is 2.15. The Labute approximate surface area is 121 Å². The topological polar surface area (TPSA) is 42.6 Å². The first kappa shape index (κ1) is 13.0. The average molecular weight is 289 g/mol. The molecule has 0 saturated carbocycles. The van der Waals surface area contributed by atoms with Gasteiger partial charge in [-0.1, -0.05) is 35.9 Å². The van der Waals surface area contributed by atoms with Crippen LogP contribution in [0, 0.1) is 0 Å². The van der Waals surface area contributed by atoms with E-state index in [-0.39, 0.29) is 0 Å². The Balaban J connectivity index is 2.10. The molecule has 0 amide bonds. The van der Waals surface area contributed by atoms with Crippen LogP contribution in [-0.4, -0.2) is 12.2 Å². The molecule has 2 aromatic carbocycles. The second kappa shape index (κ2) is 5.19. The summed E-state index contributed by atoms with van der Waals surface area (Å²) in [6.07, 6.45) is -0.967. The van der Waals surface area contributed by atoms with E-state index in [4.69, 9.17) is 20.8 Å². The molecule has 3 nitrogen and oxygen atoms in total. The first-order valence-corrected chi connectivity index (χ1v) is 6.57.